The van der Waals surface area contributed by atoms with E-state index in [0.717, 1.165) is 12.1 Å². The standard InChI is InChI=1S/C12H15NO2S/c1-2-11-12(8-9-13-11)16(14,15)10-6-4-3-5-7-10/h3-7,12H,2,8-9H2,1H3. The van der Waals surface area contributed by atoms with Crippen molar-refractivity contribution in [1.29, 1.82) is 0 Å². The number of benzene rings is 1. The molecule has 0 radical (unpaired) electrons. The Kier molecular flexibility index (Phi) is 3.10. The predicted molar refractivity (Wildman–Crippen MR) is 64.6 cm³/mol. The Morgan fingerprint density at radius 3 is 2.62 bits per heavy atom. The molecule has 0 bridgehead atoms. The van der Waals surface area contributed by atoms with E-state index in [9.17, 15) is 8.42 Å². The Labute approximate surface area is 96.1 Å². The summed E-state index contributed by atoms with van der Waals surface area (Å²) in [6, 6.07) is 8.64. The molecule has 0 fully saturated rings. The molecule has 3 nitrogen and oxygen atoms in total. The fourth-order valence-corrected chi connectivity index (χ4v) is 3.92. The van der Waals surface area contributed by atoms with Crippen LogP contribution in [0.1, 0.15) is 19.8 Å². The van der Waals surface area contributed by atoms with Crippen LogP contribution in [0.2, 0.25) is 0 Å². The number of hydrogen-bond acceptors (Lipinski definition) is 3. The lowest BCUT2D eigenvalue weighted by Gasteiger charge is -2.13. The smallest absolute Gasteiger partial charge is 0.186 e. The van der Waals surface area contributed by atoms with Crippen LogP contribution in [0.25, 0.3) is 0 Å². The van der Waals surface area contributed by atoms with Crippen LogP contribution >= 0.6 is 0 Å². The third-order valence-corrected chi connectivity index (χ3v) is 5.07. The van der Waals surface area contributed by atoms with Crippen LogP contribution in [0, 0.1) is 0 Å². The summed E-state index contributed by atoms with van der Waals surface area (Å²) in [5.74, 6) is 0. The number of hydrogen-bond donors (Lipinski definition) is 0. The third-order valence-electron chi connectivity index (χ3n) is 2.89. The Morgan fingerprint density at radius 1 is 1.31 bits per heavy atom. The Balaban J connectivity index is 2.38. The number of nitrogens with zero attached hydrogens (tertiary/aromatic N) is 1. The van der Waals surface area contributed by atoms with Gasteiger partial charge in [-0.1, -0.05) is 25.1 Å². The van der Waals surface area contributed by atoms with Crippen LogP contribution in [0.15, 0.2) is 40.2 Å². The summed E-state index contributed by atoms with van der Waals surface area (Å²) in [7, 11) is -3.23. The van der Waals surface area contributed by atoms with Crippen molar-refractivity contribution < 1.29 is 8.42 Å². The average molecular weight is 237 g/mol. The van der Waals surface area contributed by atoms with Crippen LogP contribution in [-0.4, -0.2) is 25.9 Å². The normalized spacial score (nSPS) is 20.8. The van der Waals surface area contributed by atoms with E-state index in [2.05, 4.69) is 4.99 Å². The SMILES string of the molecule is CCC1=NCCC1S(=O)(=O)c1ccccc1. The highest BCUT2D eigenvalue weighted by Gasteiger charge is 2.33. The summed E-state index contributed by atoms with van der Waals surface area (Å²) in [6.07, 6.45) is 1.34. The van der Waals surface area contributed by atoms with Crippen LogP contribution < -0.4 is 0 Å². The molecule has 0 saturated heterocycles. The molecule has 0 aromatic heterocycles. The van der Waals surface area contributed by atoms with E-state index in [4.69, 9.17) is 0 Å². The van der Waals surface area contributed by atoms with Crippen molar-refractivity contribution in [3.8, 4) is 0 Å². The molecule has 0 amide bonds. The van der Waals surface area contributed by atoms with Gasteiger partial charge < -0.3 is 0 Å². The van der Waals surface area contributed by atoms with Crippen molar-refractivity contribution >= 4 is 15.5 Å². The molecule has 1 aliphatic rings. The molecule has 0 N–H and O–H groups in total. The fraction of sp³-hybridized carbons (Fsp3) is 0.417. The molecule has 1 aromatic carbocycles. The van der Waals surface area contributed by atoms with E-state index >= 15 is 0 Å². The van der Waals surface area contributed by atoms with Crippen LogP contribution in [0.5, 0.6) is 0 Å². The summed E-state index contributed by atoms with van der Waals surface area (Å²) in [6.45, 7) is 2.59. The van der Waals surface area contributed by atoms with E-state index in [-0.39, 0.29) is 0 Å². The number of aliphatic imine (C=N–C) groups is 1. The minimum atomic E-state index is -3.23. The monoisotopic (exact) mass is 237 g/mol. The fourth-order valence-electron chi connectivity index (χ4n) is 2.04. The van der Waals surface area contributed by atoms with Crippen molar-refractivity contribution in [2.45, 2.75) is 29.9 Å². The van der Waals surface area contributed by atoms with Crippen molar-refractivity contribution in [2.75, 3.05) is 6.54 Å². The molecule has 1 heterocycles. The van der Waals surface area contributed by atoms with Gasteiger partial charge in [-0.15, -0.1) is 0 Å². The summed E-state index contributed by atoms with van der Waals surface area (Å²) in [5.41, 5.74) is 0.823. The quantitative estimate of drug-likeness (QED) is 0.808. The molecular weight excluding hydrogens is 222 g/mol. The second kappa shape index (κ2) is 4.37. The van der Waals surface area contributed by atoms with Gasteiger partial charge in [-0.2, -0.15) is 0 Å². The maximum atomic E-state index is 12.3. The maximum absolute atomic E-state index is 12.3. The lowest BCUT2D eigenvalue weighted by atomic mass is 10.2. The van der Waals surface area contributed by atoms with Gasteiger partial charge in [0.1, 0.15) is 5.25 Å². The Morgan fingerprint density at radius 2 is 2.00 bits per heavy atom. The first kappa shape index (κ1) is 11.3. The lowest BCUT2D eigenvalue weighted by Crippen LogP contribution is -2.27. The van der Waals surface area contributed by atoms with E-state index in [0.29, 0.717) is 17.9 Å². The van der Waals surface area contributed by atoms with Crippen molar-refractivity contribution in [3.05, 3.63) is 30.3 Å². The zero-order chi connectivity index (χ0) is 11.6. The molecule has 4 heteroatoms. The minimum Gasteiger partial charge on any atom is -0.293 e. The minimum absolute atomic E-state index is 0.403. The first-order valence-corrected chi connectivity index (χ1v) is 7.03. The maximum Gasteiger partial charge on any atom is 0.186 e. The molecule has 2 rings (SSSR count). The van der Waals surface area contributed by atoms with Gasteiger partial charge in [0.25, 0.3) is 0 Å². The molecule has 1 aromatic rings. The van der Waals surface area contributed by atoms with Gasteiger partial charge >= 0.3 is 0 Å². The molecular formula is C12H15NO2S. The third kappa shape index (κ3) is 1.89. The second-order valence-corrected chi connectivity index (χ2v) is 5.99. The van der Waals surface area contributed by atoms with Crippen molar-refractivity contribution in [1.82, 2.24) is 0 Å². The van der Waals surface area contributed by atoms with Gasteiger partial charge in [-0.3, -0.25) is 4.99 Å². The van der Waals surface area contributed by atoms with Gasteiger partial charge in [0.15, 0.2) is 9.84 Å². The largest absolute Gasteiger partial charge is 0.293 e. The molecule has 16 heavy (non-hydrogen) atoms. The molecule has 1 unspecified atom stereocenters. The van der Waals surface area contributed by atoms with Gasteiger partial charge in [-0.25, -0.2) is 8.42 Å². The van der Waals surface area contributed by atoms with Gasteiger partial charge in [0, 0.05) is 12.3 Å². The zero-order valence-corrected chi connectivity index (χ0v) is 10.1. The first-order chi connectivity index (χ1) is 7.66. The van der Waals surface area contributed by atoms with Gasteiger partial charge in [0.05, 0.1) is 4.90 Å². The van der Waals surface area contributed by atoms with E-state index in [1.165, 1.54) is 0 Å². The predicted octanol–water partition coefficient (Wildman–Crippen LogP) is 2.08. The lowest BCUT2D eigenvalue weighted by molar-refractivity contribution is 0.589. The molecule has 0 saturated carbocycles. The molecule has 1 aliphatic heterocycles. The van der Waals surface area contributed by atoms with E-state index < -0.39 is 15.1 Å². The number of sulfone groups is 1. The molecule has 1 atom stereocenters. The van der Waals surface area contributed by atoms with Crippen LogP contribution in [-0.2, 0) is 9.84 Å². The average Bonchev–Trinajstić information content (AvgIpc) is 2.79. The molecule has 0 spiro atoms. The van der Waals surface area contributed by atoms with E-state index in [1.54, 1.807) is 24.3 Å². The zero-order valence-electron chi connectivity index (χ0n) is 9.26. The highest BCUT2D eigenvalue weighted by molar-refractivity contribution is 7.92. The Hall–Kier alpha value is -1.16. The first-order valence-electron chi connectivity index (χ1n) is 5.48. The Bertz CT molecular complexity index is 491. The van der Waals surface area contributed by atoms with Crippen LogP contribution in [0.3, 0.4) is 0 Å². The van der Waals surface area contributed by atoms with Crippen molar-refractivity contribution in [2.24, 2.45) is 4.99 Å². The summed E-state index contributed by atoms with van der Waals surface area (Å²) >= 11 is 0. The highest BCUT2D eigenvalue weighted by atomic mass is 32.2. The highest BCUT2D eigenvalue weighted by Crippen LogP contribution is 2.24. The van der Waals surface area contributed by atoms with Crippen molar-refractivity contribution in [3.63, 3.8) is 0 Å². The van der Waals surface area contributed by atoms with Gasteiger partial charge in [-0.05, 0) is 25.0 Å². The summed E-state index contributed by atoms with van der Waals surface area (Å²) in [4.78, 5) is 4.67. The van der Waals surface area contributed by atoms with E-state index in [1.807, 2.05) is 13.0 Å². The van der Waals surface area contributed by atoms with Crippen LogP contribution in [0.4, 0.5) is 0 Å². The molecule has 86 valence electrons. The second-order valence-electron chi connectivity index (χ2n) is 3.86. The summed E-state index contributed by atoms with van der Waals surface area (Å²) < 4.78 is 24.6. The number of rotatable bonds is 3. The summed E-state index contributed by atoms with van der Waals surface area (Å²) in [5, 5.41) is -0.403. The topological polar surface area (TPSA) is 46.5 Å². The molecule has 0 aliphatic carbocycles. The van der Waals surface area contributed by atoms with Gasteiger partial charge in [0.2, 0.25) is 0 Å².